The highest BCUT2D eigenvalue weighted by Gasteiger charge is 2.19. The fraction of sp³-hybridized carbons (Fsp3) is 0.318. The number of hydrogen-bond acceptors (Lipinski definition) is 3. The highest BCUT2D eigenvalue weighted by atomic mass is 16.5. The second kappa shape index (κ2) is 6.96. The van der Waals surface area contributed by atoms with Crippen LogP contribution in [0.1, 0.15) is 43.1 Å². The molecule has 4 rings (SSSR count). The summed E-state index contributed by atoms with van der Waals surface area (Å²) in [7, 11) is 2.14. The molecule has 1 amide bonds. The number of rotatable bonds is 4. The van der Waals surface area contributed by atoms with Gasteiger partial charge in [-0.05, 0) is 61.2 Å². The molecule has 4 nitrogen and oxygen atoms in total. The van der Waals surface area contributed by atoms with Gasteiger partial charge < -0.3 is 10.1 Å². The van der Waals surface area contributed by atoms with Crippen molar-refractivity contribution in [3.63, 3.8) is 0 Å². The van der Waals surface area contributed by atoms with Crippen molar-refractivity contribution in [2.75, 3.05) is 19.0 Å². The zero-order chi connectivity index (χ0) is 18.1. The molecular formula is C22H26N2O2. The van der Waals surface area contributed by atoms with Gasteiger partial charge in [0, 0.05) is 14.0 Å². The van der Waals surface area contributed by atoms with Gasteiger partial charge in [-0.3, -0.25) is 9.69 Å². The van der Waals surface area contributed by atoms with Gasteiger partial charge in [0.1, 0.15) is 5.75 Å². The summed E-state index contributed by atoms with van der Waals surface area (Å²) >= 11 is 0. The Kier molecular flexibility index (Phi) is 4.51. The van der Waals surface area contributed by atoms with Crippen LogP contribution in [-0.2, 0) is 17.8 Å². The second-order valence-corrected chi connectivity index (χ2v) is 7.12. The van der Waals surface area contributed by atoms with Gasteiger partial charge in [-0.25, -0.2) is 0 Å². The molecule has 0 aromatic heterocycles. The first-order valence-electron chi connectivity index (χ1n) is 9.16. The maximum absolute atomic E-state index is 11.5. The highest BCUT2D eigenvalue weighted by Crippen LogP contribution is 2.32. The summed E-state index contributed by atoms with van der Waals surface area (Å²) in [5, 5.41) is 2.88. The zero-order valence-corrected chi connectivity index (χ0v) is 15.3. The fourth-order valence-corrected chi connectivity index (χ4v) is 3.75. The van der Waals surface area contributed by atoms with Gasteiger partial charge in [0.2, 0.25) is 0 Å². The van der Waals surface area contributed by atoms with Gasteiger partial charge in [-0.15, -0.1) is 0 Å². The van der Waals surface area contributed by atoms with Gasteiger partial charge in [-0.2, -0.15) is 0 Å². The van der Waals surface area contributed by atoms with Gasteiger partial charge >= 0.3 is 0 Å². The lowest BCUT2D eigenvalue weighted by molar-refractivity contribution is -0.118. The zero-order valence-electron chi connectivity index (χ0n) is 15.3. The Morgan fingerprint density at radius 3 is 3.08 bits per heavy atom. The first-order valence-corrected chi connectivity index (χ1v) is 9.16. The number of nitrogens with one attached hydrogen (secondary N) is 1. The first-order chi connectivity index (χ1) is 12.6. The SMILES string of the molecule is C[C@H](c1cccc2c1C=CCC2)N(C)Cc1ccc2c(c1)NC(=O)CO2.[HH]. The van der Waals surface area contributed by atoms with E-state index in [0.717, 1.165) is 36.4 Å². The predicted octanol–water partition coefficient (Wildman–Crippen LogP) is 4.42. The van der Waals surface area contributed by atoms with E-state index >= 15 is 0 Å². The standard InChI is InChI=1S/C22H24N2O2.H2/c1-15(18-9-5-7-17-6-3-4-8-19(17)18)24(2)13-16-10-11-21-20(12-16)23-22(25)14-26-21;/h4-5,7-12,15H,3,6,13-14H2,1-2H3,(H,23,25);1H/t15-;/m1./s1. The average molecular weight is 350 g/mol. The van der Waals surface area contributed by atoms with E-state index in [1.54, 1.807) is 0 Å². The van der Waals surface area contributed by atoms with Crippen molar-refractivity contribution >= 4 is 17.7 Å². The lowest BCUT2D eigenvalue weighted by Gasteiger charge is -2.28. The van der Waals surface area contributed by atoms with Crippen molar-refractivity contribution in [2.24, 2.45) is 0 Å². The molecule has 1 N–H and O–H groups in total. The number of benzene rings is 2. The number of amides is 1. The van der Waals surface area contributed by atoms with E-state index in [1.807, 2.05) is 12.1 Å². The van der Waals surface area contributed by atoms with Crippen molar-refractivity contribution in [2.45, 2.75) is 32.4 Å². The van der Waals surface area contributed by atoms with Crippen molar-refractivity contribution in [3.05, 3.63) is 64.7 Å². The number of allylic oxidation sites excluding steroid dienone is 1. The fourth-order valence-electron chi connectivity index (χ4n) is 3.75. The molecule has 0 saturated carbocycles. The van der Waals surface area contributed by atoms with Crippen LogP contribution >= 0.6 is 0 Å². The van der Waals surface area contributed by atoms with Crippen molar-refractivity contribution < 1.29 is 11.0 Å². The number of carbonyl (C=O) groups excluding carboxylic acids is 1. The molecule has 26 heavy (non-hydrogen) atoms. The summed E-state index contributed by atoms with van der Waals surface area (Å²) < 4.78 is 5.44. The van der Waals surface area contributed by atoms with Crippen LogP contribution in [0, 0.1) is 0 Å². The normalized spacial score (nSPS) is 16.5. The number of fused-ring (bicyclic) bond motifs is 2. The molecule has 0 fully saturated rings. The Morgan fingerprint density at radius 2 is 2.19 bits per heavy atom. The van der Waals surface area contributed by atoms with Gasteiger partial charge in [0.15, 0.2) is 6.61 Å². The van der Waals surface area contributed by atoms with E-state index in [2.05, 4.69) is 60.6 Å². The predicted molar refractivity (Wildman–Crippen MR) is 106 cm³/mol. The summed E-state index contributed by atoms with van der Waals surface area (Å²) in [5.74, 6) is 0.644. The molecule has 1 aliphatic carbocycles. The number of carbonyl (C=O) groups is 1. The third kappa shape index (κ3) is 3.25. The van der Waals surface area contributed by atoms with E-state index in [4.69, 9.17) is 4.74 Å². The van der Waals surface area contributed by atoms with Crippen LogP contribution in [0.3, 0.4) is 0 Å². The lowest BCUT2D eigenvalue weighted by Crippen LogP contribution is -2.26. The average Bonchev–Trinajstić information content (AvgIpc) is 2.66. The maximum atomic E-state index is 11.5. The minimum Gasteiger partial charge on any atom is -0.482 e. The summed E-state index contributed by atoms with van der Waals surface area (Å²) in [6, 6.07) is 13.0. The Morgan fingerprint density at radius 1 is 1.31 bits per heavy atom. The van der Waals surface area contributed by atoms with Crippen LogP contribution in [0.25, 0.3) is 6.08 Å². The van der Waals surface area contributed by atoms with Crippen LogP contribution in [0.2, 0.25) is 0 Å². The Balaban J connectivity index is 0.00000210. The topological polar surface area (TPSA) is 41.6 Å². The van der Waals surface area contributed by atoms with E-state index in [9.17, 15) is 4.79 Å². The Bertz CT molecular complexity index is 879. The van der Waals surface area contributed by atoms with Crippen molar-refractivity contribution in [1.29, 1.82) is 0 Å². The van der Waals surface area contributed by atoms with Gasteiger partial charge in [-0.1, -0.05) is 36.4 Å². The number of anilines is 1. The Hall–Kier alpha value is -2.59. The first kappa shape index (κ1) is 16.9. The number of nitrogens with zero attached hydrogens (tertiary/aromatic N) is 1. The van der Waals surface area contributed by atoms with Gasteiger partial charge in [0.25, 0.3) is 5.91 Å². The molecule has 1 heterocycles. The molecule has 2 aliphatic rings. The van der Waals surface area contributed by atoms with E-state index in [1.165, 1.54) is 16.7 Å². The molecular weight excluding hydrogens is 324 g/mol. The minimum absolute atomic E-state index is 0. The second-order valence-electron chi connectivity index (χ2n) is 7.12. The smallest absolute Gasteiger partial charge is 0.262 e. The van der Waals surface area contributed by atoms with Crippen LogP contribution in [-0.4, -0.2) is 24.5 Å². The third-order valence-electron chi connectivity index (χ3n) is 5.32. The molecule has 4 heteroatoms. The molecule has 2 aromatic carbocycles. The number of ether oxygens (including phenoxy) is 1. The van der Waals surface area contributed by atoms with Crippen molar-refractivity contribution in [1.82, 2.24) is 4.90 Å². The van der Waals surface area contributed by atoms with E-state index in [0.29, 0.717) is 6.04 Å². The molecule has 0 saturated heterocycles. The Labute approximate surface area is 156 Å². The molecule has 1 aliphatic heterocycles. The molecule has 0 spiro atoms. The molecule has 0 unspecified atom stereocenters. The van der Waals surface area contributed by atoms with Crippen LogP contribution in [0.4, 0.5) is 5.69 Å². The van der Waals surface area contributed by atoms with Crippen LogP contribution < -0.4 is 10.1 Å². The summed E-state index contributed by atoms with van der Waals surface area (Å²) in [4.78, 5) is 13.9. The highest BCUT2D eigenvalue weighted by molar-refractivity contribution is 5.95. The monoisotopic (exact) mass is 350 g/mol. The maximum Gasteiger partial charge on any atom is 0.262 e. The molecule has 2 aromatic rings. The number of aryl methyl sites for hydroxylation is 1. The number of hydrogen-bond donors (Lipinski definition) is 1. The lowest BCUT2D eigenvalue weighted by atomic mass is 9.90. The molecule has 0 bridgehead atoms. The largest absolute Gasteiger partial charge is 0.482 e. The summed E-state index contributed by atoms with van der Waals surface area (Å²) in [6.45, 7) is 3.15. The van der Waals surface area contributed by atoms with Gasteiger partial charge in [0.05, 0.1) is 5.69 Å². The minimum atomic E-state index is -0.0981. The van der Waals surface area contributed by atoms with E-state index < -0.39 is 0 Å². The third-order valence-corrected chi connectivity index (χ3v) is 5.32. The quantitative estimate of drug-likeness (QED) is 0.888. The van der Waals surface area contributed by atoms with Crippen molar-refractivity contribution in [3.8, 4) is 5.75 Å². The molecule has 1 atom stereocenters. The molecule has 136 valence electrons. The van der Waals surface area contributed by atoms with E-state index in [-0.39, 0.29) is 13.9 Å². The van der Waals surface area contributed by atoms with Crippen LogP contribution in [0.15, 0.2) is 42.5 Å². The molecule has 0 radical (unpaired) electrons. The summed E-state index contributed by atoms with van der Waals surface area (Å²) in [5.41, 5.74) is 6.11. The summed E-state index contributed by atoms with van der Waals surface area (Å²) in [6.07, 6.45) is 6.79. The van der Waals surface area contributed by atoms with Crippen LogP contribution in [0.5, 0.6) is 5.75 Å².